The third-order valence-corrected chi connectivity index (χ3v) is 11.4. The van der Waals surface area contributed by atoms with Crippen molar-refractivity contribution in [2.75, 3.05) is 32.0 Å². The van der Waals surface area contributed by atoms with Crippen LogP contribution < -0.4 is 5.32 Å². The summed E-state index contributed by atoms with van der Waals surface area (Å²) in [5.74, 6) is -0.0596. The number of nitrogens with zero attached hydrogens (tertiary/aromatic N) is 5. The minimum atomic E-state index is -3.60. The summed E-state index contributed by atoms with van der Waals surface area (Å²) in [5.41, 5.74) is 3.35. The summed E-state index contributed by atoms with van der Waals surface area (Å²) in [5, 5.41) is 3.56. The summed E-state index contributed by atoms with van der Waals surface area (Å²) in [6, 6.07) is 14.8. The van der Waals surface area contributed by atoms with Gasteiger partial charge in [-0.2, -0.15) is 4.31 Å². The van der Waals surface area contributed by atoms with E-state index in [0.717, 1.165) is 46.4 Å². The van der Waals surface area contributed by atoms with Gasteiger partial charge in [0.1, 0.15) is 10.3 Å². The zero-order valence-corrected chi connectivity index (χ0v) is 25.6. The van der Waals surface area contributed by atoms with E-state index in [4.69, 9.17) is 4.98 Å². The summed E-state index contributed by atoms with van der Waals surface area (Å²) in [6.45, 7) is 3.68. The second kappa shape index (κ2) is 12.2. The molecule has 1 aromatic carbocycles. The molecule has 4 heterocycles. The maximum atomic E-state index is 13.8. The monoisotopic (exact) mass is 604 g/mol. The Morgan fingerprint density at radius 1 is 1.02 bits per heavy atom. The highest BCUT2D eigenvalue weighted by atomic mass is 32.2. The first-order valence-corrected chi connectivity index (χ1v) is 16.8. The van der Waals surface area contributed by atoms with Crippen LogP contribution in [0.4, 0.5) is 5.13 Å². The van der Waals surface area contributed by atoms with Crippen LogP contribution in [-0.2, 0) is 14.8 Å². The number of carbonyl (C=O) groups excluding carboxylic acids is 1. The van der Waals surface area contributed by atoms with Crippen LogP contribution in [0.25, 0.3) is 21.6 Å². The standard InChI is InChI=1S/C31H36N6O3S2/c1-21-20-37(18-17-36(21)2)42(39,40)25-9-7-23(8-10-25)26(19-22-5-3-4-6-22)29(38)35-31-34-28-12-11-27(33-30(28)41-31)24-13-15-32-16-14-24/h7-16,21-22,26H,3-6,17-20H2,1-2H3,(H,34,35,38)/t21-,26?/m0/s1. The maximum Gasteiger partial charge on any atom is 0.243 e. The molecule has 0 radical (unpaired) electrons. The van der Waals surface area contributed by atoms with E-state index in [1.54, 1.807) is 28.8 Å². The van der Waals surface area contributed by atoms with Crippen molar-refractivity contribution in [1.29, 1.82) is 0 Å². The van der Waals surface area contributed by atoms with E-state index in [2.05, 4.69) is 20.2 Å². The van der Waals surface area contributed by atoms with Crippen molar-refractivity contribution in [3.63, 3.8) is 0 Å². The summed E-state index contributed by atoms with van der Waals surface area (Å²) in [7, 11) is -1.59. The number of hydrogen-bond donors (Lipinski definition) is 1. The number of carbonyl (C=O) groups is 1. The molecule has 1 amide bonds. The molecule has 2 aliphatic rings. The fourth-order valence-corrected chi connectivity index (χ4v) is 8.33. The van der Waals surface area contributed by atoms with Crippen molar-refractivity contribution in [3.05, 3.63) is 66.5 Å². The molecular weight excluding hydrogens is 569 g/mol. The molecule has 9 nitrogen and oxygen atoms in total. The summed E-state index contributed by atoms with van der Waals surface area (Å²) in [6.07, 6.45) is 8.79. The van der Waals surface area contributed by atoms with Crippen LogP contribution in [-0.4, -0.2) is 71.2 Å². The summed E-state index contributed by atoms with van der Waals surface area (Å²) < 4.78 is 28.3. The van der Waals surface area contributed by atoms with E-state index in [1.165, 1.54) is 24.2 Å². The van der Waals surface area contributed by atoms with Gasteiger partial charge in [-0.15, -0.1) is 0 Å². The molecule has 4 aromatic rings. The number of thiazole rings is 1. The Bertz CT molecular complexity index is 1650. The minimum absolute atomic E-state index is 0.126. The number of anilines is 1. The molecule has 2 atom stereocenters. The highest BCUT2D eigenvalue weighted by molar-refractivity contribution is 7.89. The summed E-state index contributed by atoms with van der Waals surface area (Å²) >= 11 is 1.35. The first-order valence-electron chi connectivity index (χ1n) is 14.6. The number of aromatic nitrogens is 3. The van der Waals surface area contributed by atoms with Crippen LogP contribution in [0.2, 0.25) is 0 Å². The highest BCUT2D eigenvalue weighted by Crippen LogP contribution is 2.36. The van der Waals surface area contributed by atoms with Gasteiger partial charge in [0.25, 0.3) is 0 Å². The number of nitrogens with one attached hydrogen (secondary N) is 1. The van der Waals surface area contributed by atoms with Gasteiger partial charge in [0.15, 0.2) is 5.13 Å². The van der Waals surface area contributed by atoms with Crippen LogP contribution in [0.15, 0.2) is 65.8 Å². The number of likely N-dealkylation sites (N-methyl/N-ethyl adjacent to an activating group) is 1. The van der Waals surface area contributed by atoms with Gasteiger partial charge in [-0.05, 0) is 68.3 Å². The molecule has 220 valence electrons. The van der Waals surface area contributed by atoms with Gasteiger partial charge in [0.05, 0.1) is 16.5 Å². The van der Waals surface area contributed by atoms with Gasteiger partial charge < -0.3 is 10.2 Å². The Labute approximate surface area is 251 Å². The SMILES string of the molecule is C[C@H]1CN(S(=O)(=O)c2ccc(C(CC3CCCC3)C(=O)Nc3nc4ccc(-c5ccncc5)nc4s3)cc2)CCN1C. The zero-order chi connectivity index (χ0) is 29.3. The number of rotatable bonds is 8. The maximum absolute atomic E-state index is 13.8. The van der Waals surface area contributed by atoms with E-state index in [-0.39, 0.29) is 16.8 Å². The second-order valence-corrected chi connectivity index (χ2v) is 14.4. The van der Waals surface area contributed by atoms with Crippen LogP contribution >= 0.6 is 11.3 Å². The minimum Gasteiger partial charge on any atom is -0.301 e. The predicted molar refractivity (Wildman–Crippen MR) is 166 cm³/mol. The van der Waals surface area contributed by atoms with E-state index in [9.17, 15) is 13.2 Å². The van der Waals surface area contributed by atoms with Crippen molar-refractivity contribution in [1.82, 2.24) is 24.2 Å². The number of piperazine rings is 1. The number of fused-ring (bicyclic) bond motifs is 1. The third-order valence-electron chi connectivity index (χ3n) is 8.66. The largest absolute Gasteiger partial charge is 0.301 e. The zero-order valence-electron chi connectivity index (χ0n) is 23.9. The van der Waals surface area contributed by atoms with E-state index in [1.807, 2.05) is 50.4 Å². The summed E-state index contributed by atoms with van der Waals surface area (Å²) in [4.78, 5) is 30.4. The van der Waals surface area contributed by atoms with E-state index < -0.39 is 15.9 Å². The van der Waals surface area contributed by atoms with Gasteiger partial charge in [-0.3, -0.25) is 9.78 Å². The molecule has 11 heteroatoms. The molecule has 1 aliphatic heterocycles. The molecule has 0 spiro atoms. The van der Waals surface area contributed by atoms with Gasteiger partial charge in [0.2, 0.25) is 15.9 Å². The lowest BCUT2D eigenvalue weighted by atomic mass is 9.87. The lowest BCUT2D eigenvalue weighted by molar-refractivity contribution is -0.118. The molecule has 1 unspecified atom stereocenters. The molecule has 2 fully saturated rings. The lowest BCUT2D eigenvalue weighted by Gasteiger charge is -2.36. The van der Waals surface area contributed by atoms with E-state index in [0.29, 0.717) is 30.7 Å². The molecule has 1 saturated heterocycles. The Balaban J connectivity index is 1.22. The number of sulfonamides is 1. The third kappa shape index (κ3) is 6.10. The number of benzene rings is 1. The van der Waals surface area contributed by atoms with Gasteiger partial charge >= 0.3 is 0 Å². The first-order chi connectivity index (χ1) is 20.3. The second-order valence-electron chi connectivity index (χ2n) is 11.5. The molecule has 42 heavy (non-hydrogen) atoms. The Kier molecular flexibility index (Phi) is 8.35. The first kappa shape index (κ1) is 28.9. The van der Waals surface area contributed by atoms with Gasteiger partial charge in [-0.1, -0.05) is 49.2 Å². The fraction of sp³-hybridized carbons (Fsp3) is 0.419. The smallest absolute Gasteiger partial charge is 0.243 e. The Morgan fingerprint density at radius 3 is 2.48 bits per heavy atom. The predicted octanol–water partition coefficient (Wildman–Crippen LogP) is 5.38. The lowest BCUT2D eigenvalue weighted by Crippen LogP contribution is -2.51. The van der Waals surface area contributed by atoms with Crippen molar-refractivity contribution in [3.8, 4) is 11.3 Å². The van der Waals surface area contributed by atoms with Crippen LogP contribution in [0.5, 0.6) is 0 Å². The van der Waals surface area contributed by atoms with Crippen molar-refractivity contribution in [2.45, 2.75) is 55.9 Å². The van der Waals surface area contributed by atoms with Crippen molar-refractivity contribution < 1.29 is 13.2 Å². The fourth-order valence-electron chi connectivity index (χ4n) is 5.97. The average Bonchev–Trinajstić information content (AvgIpc) is 3.67. The van der Waals surface area contributed by atoms with Crippen LogP contribution in [0.1, 0.15) is 50.5 Å². The molecule has 6 rings (SSSR count). The van der Waals surface area contributed by atoms with Crippen LogP contribution in [0.3, 0.4) is 0 Å². The van der Waals surface area contributed by atoms with Gasteiger partial charge in [-0.25, -0.2) is 18.4 Å². The van der Waals surface area contributed by atoms with E-state index >= 15 is 0 Å². The quantitative estimate of drug-likeness (QED) is 0.288. The molecule has 1 N–H and O–H groups in total. The topological polar surface area (TPSA) is 108 Å². The van der Waals surface area contributed by atoms with Crippen molar-refractivity contribution >= 4 is 42.7 Å². The number of hydrogen-bond acceptors (Lipinski definition) is 8. The Hall–Kier alpha value is -3.25. The molecule has 1 saturated carbocycles. The highest BCUT2D eigenvalue weighted by Gasteiger charge is 2.32. The molecule has 0 bridgehead atoms. The number of pyridine rings is 2. The molecule has 3 aromatic heterocycles. The average molecular weight is 605 g/mol. The van der Waals surface area contributed by atoms with Crippen LogP contribution in [0, 0.1) is 5.92 Å². The normalized spacial score (nSPS) is 19.7. The van der Waals surface area contributed by atoms with Gasteiger partial charge in [0, 0.05) is 43.6 Å². The molecular formula is C31H36N6O3S2. The van der Waals surface area contributed by atoms with Crippen molar-refractivity contribution in [2.24, 2.45) is 5.92 Å². The molecule has 1 aliphatic carbocycles. The number of amides is 1. The Morgan fingerprint density at radius 2 is 1.76 bits per heavy atom.